The van der Waals surface area contributed by atoms with Crippen molar-refractivity contribution in [2.75, 3.05) is 13.2 Å². The molecule has 0 radical (unpaired) electrons. The molecule has 0 N–H and O–H groups in total. The second-order valence-corrected chi connectivity index (χ2v) is 11.9. The van der Waals surface area contributed by atoms with Crippen LogP contribution in [0.4, 0.5) is 70.2 Å². The molecule has 2 bridgehead atoms. The van der Waals surface area contributed by atoms with Gasteiger partial charge in [0.25, 0.3) is 0 Å². The minimum Gasteiger partial charge on any atom is -0.457 e. The van der Waals surface area contributed by atoms with Gasteiger partial charge in [-0.3, -0.25) is 0 Å². The molecule has 3 rings (SSSR count). The monoisotopic (exact) mass is 712 g/mol. The van der Waals surface area contributed by atoms with Crippen LogP contribution in [0.15, 0.2) is 0 Å². The molecule has 1 unspecified atom stereocenters. The summed E-state index contributed by atoms with van der Waals surface area (Å²) in [6.07, 6.45) is -15.9. The topological polar surface area (TPSA) is 71.1 Å². The lowest BCUT2D eigenvalue weighted by Crippen LogP contribution is -2.59. The fraction of sp³-hybridized carbons (Fsp3) is 0.917. The van der Waals surface area contributed by atoms with E-state index in [0.717, 1.165) is 0 Å². The molecule has 0 aromatic carbocycles. The second kappa shape index (κ2) is 11.1. The zero-order valence-electron chi connectivity index (χ0n) is 23.4. The van der Waals surface area contributed by atoms with E-state index in [2.05, 4.69) is 9.47 Å². The molecular formula is C24H24F16O6. The Morgan fingerprint density at radius 2 is 1.04 bits per heavy atom. The van der Waals surface area contributed by atoms with Crippen LogP contribution in [0.5, 0.6) is 0 Å². The van der Waals surface area contributed by atoms with Gasteiger partial charge in [-0.05, 0) is 24.2 Å². The highest BCUT2D eigenvalue weighted by Crippen LogP contribution is 2.72. The molecular weight excluding hydrogens is 688 g/mol. The third kappa shape index (κ3) is 5.26. The van der Waals surface area contributed by atoms with Crippen molar-refractivity contribution in [3.05, 3.63) is 0 Å². The lowest BCUT2D eigenvalue weighted by atomic mass is 9.68. The standard InChI is InChI=1S/C24H24F16O6/c1-16(2)9-4-5-17(16,3)20(6-9)45-10(12(41)43-7-18(29,30)23(37,38)21(33,34)14(25)26)11(46-20)13(42)44-8-19(31,32)24(39,40)22(35,36)15(27)28/h9-11,14-15H,4-8H2,1-3H3/t9-,10+,11+,17?/m0/s1. The smallest absolute Gasteiger partial charge is 0.381 e. The number of ether oxygens (including phenoxy) is 4. The fourth-order valence-electron chi connectivity index (χ4n) is 5.88. The second-order valence-electron chi connectivity index (χ2n) is 11.9. The van der Waals surface area contributed by atoms with Crippen LogP contribution in [-0.2, 0) is 28.5 Å². The molecule has 2 aliphatic carbocycles. The van der Waals surface area contributed by atoms with Crippen LogP contribution in [0.1, 0.15) is 40.0 Å². The van der Waals surface area contributed by atoms with Gasteiger partial charge in [0.1, 0.15) is 0 Å². The lowest BCUT2D eigenvalue weighted by Gasteiger charge is -2.44. The molecule has 4 atom stereocenters. The van der Waals surface area contributed by atoms with Gasteiger partial charge in [-0.1, -0.05) is 20.8 Å². The highest BCUT2D eigenvalue weighted by molar-refractivity contribution is 5.86. The molecule has 1 saturated heterocycles. The van der Waals surface area contributed by atoms with Crippen molar-refractivity contribution in [2.24, 2.45) is 16.7 Å². The van der Waals surface area contributed by atoms with E-state index in [-0.39, 0.29) is 18.8 Å². The summed E-state index contributed by atoms with van der Waals surface area (Å²) in [6.45, 7) is -1.38. The summed E-state index contributed by atoms with van der Waals surface area (Å²) >= 11 is 0. The van der Waals surface area contributed by atoms with Crippen LogP contribution in [0.3, 0.4) is 0 Å². The van der Waals surface area contributed by atoms with Gasteiger partial charge in [0, 0.05) is 11.8 Å². The maximum Gasteiger partial charge on any atom is 0.381 e. The molecule has 3 fully saturated rings. The Bertz CT molecular complexity index is 1120. The van der Waals surface area contributed by atoms with E-state index in [1.54, 1.807) is 13.8 Å². The summed E-state index contributed by atoms with van der Waals surface area (Å²) in [5.74, 6) is -46.7. The minimum absolute atomic E-state index is 0.175. The van der Waals surface area contributed by atoms with E-state index < -0.39 is 102 Å². The van der Waals surface area contributed by atoms with E-state index in [1.165, 1.54) is 6.92 Å². The summed E-state index contributed by atoms with van der Waals surface area (Å²) < 4.78 is 231. The number of alkyl halides is 16. The maximum absolute atomic E-state index is 14.0. The Balaban J connectivity index is 1.90. The summed E-state index contributed by atoms with van der Waals surface area (Å²) in [4.78, 5) is 25.4. The quantitative estimate of drug-likeness (QED) is 0.165. The predicted octanol–water partition coefficient (Wildman–Crippen LogP) is 6.74. The first kappa shape index (κ1) is 38.2. The molecule has 0 aromatic rings. The number of fused-ring (bicyclic) bond motifs is 3. The van der Waals surface area contributed by atoms with E-state index in [4.69, 9.17) is 9.47 Å². The SMILES string of the molecule is CC1(C)[C@H]2CCC1(C)C1(C2)O[C@@H](C(=O)OCC(F)(F)C(F)(F)C(F)(F)C(F)F)[C@H](C(=O)OCC(F)(F)C(F)(F)C(F)(F)C(F)F)O1. The van der Waals surface area contributed by atoms with Gasteiger partial charge in [0.05, 0.1) is 0 Å². The molecule has 1 aliphatic heterocycles. The van der Waals surface area contributed by atoms with E-state index in [0.29, 0.717) is 6.42 Å². The average molecular weight is 712 g/mol. The van der Waals surface area contributed by atoms with Crippen LogP contribution in [0.2, 0.25) is 0 Å². The first-order valence-corrected chi connectivity index (χ1v) is 12.9. The van der Waals surface area contributed by atoms with Gasteiger partial charge >= 0.3 is 60.3 Å². The van der Waals surface area contributed by atoms with Crippen molar-refractivity contribution in [1.82, 2.24) is 0 Å². The third-order valence-electron chi connectivity index (χ3n) is 9.26. The Morgan fingerprint density at radius 1 is 0.696 bits per heavy atom. The third-order valence-corrected chi connectivity index (χ3v) is 9.26. The summed E-state index contributed by atoms with van der Waals surface area (Å²) in [5, 5.41) is 0. The van der Waals surface area contributed by atoms with Gasteiger partial charge in [0.15, 0.2) is 31.2 Å². The summed E-state index contributed by atoms with van der Waals surface area (Å²) in [5.41, 5.74) is -2.04. The summed E-state index contributed by atoms with van der Waals surface area (Å²) in [6, 6.07) is 0. The number of carbonyl (C=O) groups excluding carboxylic acids is 2. The van der Waals surface area contributed by atoms with Gasteiger partial charge in [0.2, 0.25) is 0 Å². The van der Waals surface area contributed by atoms with Crippen molar-refractivity contribution in [3.63, 3.8) is 0 Å². The van der Waals surface area contributed by atoms with Gasteiger partial charge in [-0.15, -0.1) is 0 Å². The Morgan fingerprint density at radius 3 is 1.30 bits per heavy atom. The number of carbonyl (C=O) groups is 2. The van der Waals surface area contributed by atoms with Crippen molar-refractivity contribution >= 4 is 11.9 Å². The molecule has 2 saturated carbocycles. The molecule has 1 heterocycles. The van der Waals surface area contributed by atoms with Crippen LogP contribution >= 0.6 is 0 Å². The predicted molar refractivity (Wildman–Crippen MR) is 115 cm³/mol. The minimum atomic E-state index is -6.85. The lowest BCUT2D eigenvalue weighted by molar-refractivity contribution is -0.344. The van der Waals surface area contributed by atoms with Crippen molar-refractivity contribution in [2.45, 2.75) is 106 Å². The number of hydrogen-bond acceptors (Lipinski definition) is 6. The van der Waals surface area contributed by atoms with Crippen LogP contribution in [0, 0.1) is 16.7 Å². The molecule has 0 aromatic heterocycles. The van der Waals surface area contributed by atoms with Crippen molar-refractivity contribution in [3.8, 4) is 0 Å². The van der Waals surface area contributed by atoms with E-state index in [9.17, 15) is 79.8 Å². The first-order chi connectivity index (χ1) is 20.4. The number of esters is 2. The van der Waals surface area contributed by atoms with Crippen LogP contribution in [0.25, 0.3) is 0 Å². The number of rotatable bonds is 12. The Hall–Kier alpha value is -2.26. The van der Waals surface area contributed by atoms with Gasteiger partial charge in [-0.25, -0.2) is 27.2 Å². The molecule has 268 valence electrons. The largest absolute Gasteiger partial charge is 0.457 e. The zero-order chi connectivity index (χ0) is 35.9. The van der Waals surface area contributed by atoms with Crippen LogP contribution < -0.4 is 0 Å². The molecule has 6 nitrogen and oxygen atoms in total. The zero-order valence-corrected chi connectivity index (χ0v) is 23.4. The molecule has 1 spiro atoms. The van der Waals surface area contributed by atoms with Crippen LogP contribution in [-0.4, -0.2) is 91.5 Å². The molecule has 0 amide bonds. The van der Waals surface area contributed by atoms with Crippen molar-refractivity contribution < 1.29 is 98.8 Å². The van der Waals surface area contributed by atoms with Gasteiger partial charge < -0.3 is 18.9 Å². The van der Waals surface area contributed by atoms with Gasteiger partial charge in [-0.2, -0.15) is 52.7 Å². The molecule has 46 heavy (non-hydrogen) atoms. The summed E-state index contributed by atoms with van der Waals surface area (Å²) in [7, 11) is 0. The highest BCUT2D eigenvalue weighted by atomic mass is 19.4. The number of halogens is 16. The Labute approximate surface area is 248 Å². The fourth-order valence-corrected chi connectivity index (χ4v) is 5.88. The average Bonchev–Trinajstić information content (AvgIpc) is 3.46. The van der Waals surface area contributed by atoms with E-state index >= 15 is 0 Å². The normalized spacial score (nSPS) is 28.4. The number of hydrogen-bond donors (Lipinski definition) is 0. The maximum atomic E-state index is 14.0. The first-order valence-electron chi connectivity index (χ1n) is 12.9. The molecule has 3 aliphatic rings. The highest BCUT2D eigenvalue weighted by Gasteiger charge is 2.78. The molecule has 22 heteroatoms. The van der Waals surface area contributed by atoms with E-state index in [1.807, 2.05) is 0 Å². The van der Waals surface area contributed by atoms with Crippen molar-refractivity contribution in [1.29, 1.82) is 0 Å². The Kier molecular flexibility index (Phi) is 9.25.